The molecule has 0 heterocycles. The predicted octanol–water partition coefficient (Wildman–Crippen LogP) is -1.17. The molecule has 0 fully saturated rings. The molecule has 0 spiro atoms. The minimum absolute atomic E-state index is 0.251. The van der Waals surface area contributed by atoms with E-state index >= 15 is 0 Å². The van der Waals surface area contributed by atoms with Crippen LogP contribution in [0.1, 0.15) is 13.8 Å². The van der Waals surface area contributed by atoms with E-state index in [0.717, 1.165) is 0 Å². The Bertz CT molecular complexity index is 320. The number of likely N-dealkylation sites (N-methyl/N-ethyl adjacent to an activating group) is 1. The smallest absolute Gasteiger partial charge is 0.322 e. The number of carboxylic acids is 1. The topological polar surface area (TPSA) is 111 Å². The third-order valence-electron chi connectivity index (χ3n) is 2.48. The van der Waals surface area contributed by atoms with Gasteiger partial charge in [0.25, 0.3) is 0 Å². The highest BCUT2D eigenvalue weighted by Crippen LogP contribution is 1.90. The van der Waals surface area contributed by atoms with Gasteiger partial charge in [-0.1, -0.05) is 0 Å². The quantitative estimate of drug-likeness (QED) is 0.445. The summed E-state index contributed by atoms with van der Waals surface area (Å²) in [5.41, 5.74) is 0. The Labute approximate surface area is 112 Å². The average molecular weight is 274 g/mol. The van der Waals surface area contributed by atoms with Crippen molar-refractivity contribution in [2.24, 2.45) is 0 Å². The van der Waals surface area contributed by atoms with Crippen molar-refractivity contribution < 1.29 is 19.5 Å². The van der Waals surface area contributed by atoms with Crippen molar-refractivity contribution in [1.82, 2.24) is 20.9 Å². The van der Waals surface area contributed by atoms with Crippen LogP contribution in [0, 0.1) is 0 Å². The van der Waals surface area contributed by atoms with Gasteiger partial charge in [0.2, 0.25) is 5.91 Å². The molecule has 0 unspecified atom stereocenters. The van der Waals surface area contributed by atoms with Gasteiger partial charge in [0.1, 0.15) is 6.54 Å². The minimum Gasteiger partial charge on any atom is -0.480 e. The lowest BCUT2D eigenvalue weighted by molar-refractivity contribution is -0.137. The molecule has 0 aromatic carbocycles. The number of rotatable bonds is 8. The summed E-state index contributed by atoms with van der Waals surface area (Å²) in [7, 11) is 1.95. The van der Waals surface area contributed by atoms with Crippen molar-refractivity contribution in [2.45, 2.75) is 19.9 Å². The molecule has 8 heteroatoms. The zero-order chi connectivity index (χ0) is 14.8. The Morgan fingerprint density at radius 3 is 2.26 bits per heavy atom. The number of nitrogens with one attached hydrogen (secondary N) is 3. The first-order valence-corrected chi connectivity index (χ1v) is 6.03. The second-order valence-electron chi connectivity index (χ2n) is 4.35. The van der Waals surface area contributed by atoms with Crippen molar-refractivity contribution in [2.75, 3.05) is 33.2 Å². The maximum Gasteiger partial charge on any atom is 0.322 e. The molecule has 0 rings (SSSR count). The Morgan fingerprint density at radius 2 is 1.74 bits per heavy atom. The van der Waals surface area contributed by atoms with E-state index in [2.05, 4.69) is 20.9 Å². The van der Waals surface area contributed by atoms with Crippen LogP contribution in [0.5, 0.6) is 0 Å². The van der Waals surface area contributed by atoms with Gasteiger partial charge in [-0.05, 0) is 20.9 Å². The molecule has 8 nitrogen and oxygen atoms in total. The minimum atomic E-state index is -1.13. The second-order valence-corrected chi connectivity index (χ2v) is 4.35. The molecule has 110 valence electrons. The van der Waals surface area contributed by atoms with Crippen molar-refractivity contribution in [3.63, 3.8) is 0 Å². The second kappa shape index (κ2) is 9.15. The van der Waals surface area contributed by atoms with E-state index in [-0.39, 0.29) is 6.54 Å². The maximum absolute atomic E-state index is 11.3. The Hall–Kier alpha value is -1.83. The van der Waals surface area contributed by atoms with Gasteiger partial charge in [0.15, 0.2) is 0 Å². The van der Waals surface area contributed by atoms with E-state index in [0.29, 0.717) is 19.1 Å². The third kappa shape index (κ3) is 9.83. The Kier molecular flexibility index (Phi) is 8.27. The van der Waals surface area contributed by atoms with E-state index in [9.17, 15) is 14.4 Å². The molecule has 0 radical (unpaired) electrons. The van der Waals surface area contributed by atoms with E-state index in [1.165, 1.54) is 0 Å². The molecule has 0 atom stereocenters. The lowest BCUT2D eigenvalue weighted by atomic mass is 10.3. The van der Waals surface area contributed by atoms with Gasteiger partial charge in [-0.3, -0.25) is 9.59 Å². The first-order valence-electron chi connectivity index (χ1n) is 6.03. The molecule has 4 N–H and O–H groups in total. The highest BCUT2D eigenvalue weighted by Gasteiger charge is 2.07. The summed E-state index contributed by atoms with van der Waals surface area (Å²) in [5, 5.41) is 15.4. The zero-order valence-electron chi connectivity index (χ0n) is 11.5. The number of hydrogen-bond donors (Lipinski definition) is 4. The van der Waals surface area contributed by atoms with Crippen LogP contribution in [0.3, 0.4) is 0 Å². The third-order valence-corrected chi connectivity index (χ3v) is 2.48. The highest BCUT2D eigenvalue weighted by atomic mass is 16.4. The monoisotopic (exact) mass is 274 g/mol. The zero-order valence-corrected chi connectivity index (χ0v) is 11.5. The van der Waals surface area contributed by atoms with Crippen LogP contribution < -0.4 is 16.0 Å². The summed E-state index contributed by atoms with van der Waals surface area (Å²) in [6.07, 6.45) is 0. The van der Waals surface area contributed by atoms with Crippen LogP contribution in [0.2, 0.25) is 0 Å². The summed E-state index contributed by atoms with van der Waals surface area (Å²) in [4.78, 5) is 34.7. The number of amides is 3. The first kappa shape index (κ1) is 17.2. The molecule has 0 bridgehead atoms. The number of carboxylic acid groups (broad SMARTS) is 1. The molecule has 0 saturated carbocycles. The number of nitrogens with zero attached hydrogens (tertiary/aromatic N) is 1. The average Bonchev–Trinajstić information content (AvgIpc) is 2.33. The molecule has 0 aromatic rings. The molecule has 0 aliphatic rings. The van der Waals surface area contributed by atoms with Crippen molar-refractivity contribution in [3.05, 3.63) is 0 Å². The van der Waals surface area contributed by atoms with Gasteiger partial charge in [-0.2, -0.15) is 0 Å². The van der Waals surface area contributed by atoms with Gasteiger partial charge in [-0.25, -0.2) is 4.79 Å². The number of hydrogen-bond acceptors (Lipinski definition) is 4. The summed E-state index contributed by atoms with van der Waals surface area (Å²) in [6.45, 7) is 4.56. The van der Waals surface area contributed by atoms with E-state index < -0.39 is 24.5 Å². The number of aliphatic carboxylic acids is 1. The maximum atomic E-state index is 11.3. The van der Waals surface area contributed by atoms with Crippen LogP contribution in [0.15, 0.2) is 0 Å². The van der Waals surface area contributed by atoms with Crippen LogP contribution in [-0.2, 0) is 9.59 Å². The standard InChI is InChI=1S/C11H22N4O4/c1-8(2)15(3)5-4-12-11(19)14-6-9(16)13-7-10(17)18/h8H,4-7H2,1-3H3,(H,13,16)(H,17,18)(H2,12,14,19). The van der Waals surface area contributed by atoms with Gasteiger partial charge in [0, 0.05) is 19.1 Å². The fraction of sp³-hybridized carbons (Fsp3) is 0.727. The van der Waals surface area contributed by atoms with Gasteiger partial charge >= 0.3 is 12.0 Å². The molecule has 0 saturated heterocycles. The molecular formula is C11H22N4O4. The molecule has 19 heavy (non-hydrogen) atoms. The number of carbonyl (C=O) groups excluding carboxylic acids is 2. The Balaban J connectivity index is 3.64. The summed E-state index contributed by atoms with van der Waals surface area (Å²) < 4.78 is 0. The summed E-state index contributed by atoms with van der Waals surface area (Å²) in [5.74, 6) is -1.67. The Morgan fingerprint density at radius 1 is 1.11 bits per heavy atom. The van der Waals surface area contributed by atoms with E-state index in [1.807, 2.05) is 20.9 Å². The molecule has 0 aliphatic heterocycles. The highest BCUT2D eigenvalue weighted by molar-refractivity contribution is 5.86. The SMILES string of the molecule is CC(C)N(C)CCNC(=O)NCC(=O)NCC(=O)O. The first-order chi connectivity index (χ1) is 8.82. The van der Waals surface area contributed by atoms with Crippen molar-refractivity contribution in [3.8, 4) is 0 Å². The predicted molar refractivity (Wildman–Crippen MR) is 69.8 cm³/mol. The fourth-order valence-corrected chi connectivity index (χ4v) is 1.06. The summed E-state index contributed by atoms with van der Waals surface area (Å²) in [6, 6.07) is -0.0608. The van der Waals surface area contributed by atoms with Crippen LogP contribution in [0.25, 0.3) is 0 Å². The van der Waals surface area contributed by atoms with Crippen LogP contribution in [0.4, 0.5) is 4.79 Å². The van der Waals surface area contributed by atoms with E-state index in [4.69, 9.17) is 5.11 Å². The largest absolute Gasteiger partial charge is 0.480 e. The normalized spacial score (nSPS) is 10.4. The van der Waals surface area contributed by atoms with Gasteiger partial charge in [0.05, 0.1) is 6.54 Å². The number of carbonyl (C=O) groups is 3. The van der Waals surface area contributed by atoms with Crippen molar-refractivity contribution >= 4 is 17.9 Å². The summed E-state index contributed by atoms with van der Waals surface area (Å²) >= 11 is 0. The van der Waals surface area contributed by atoms with E-state index in [1.54, 1.807) is 0 Å². The molecule has 0 aliphatic carbocycles. The van der Waals surface area contributed by atoms with Gasteiger partial charge < -0.3 is 26.0 Å². The number of urea groups is 1. The van der Waals surface area contributed by atoms with Crippen LogP contribution in [-0.4, -0.2) is 67.2 Å². The lowest BCUT2D eigenvalue weighted by Crippen LogP contribution is -2.45. The fourth-order valence-electron chi connectivity index (χ4n) is 1.06. The van der Waals surface area contributed by atoms with Crippen LogP contribution >= 0.6 is 0 Å². The van der Waals surface area contributed by atoms with Gasteiger partial charge in [-0.15, -0.1) is 0 Å². The molecule has 0 aromatic heterocycles. The lowest BCUT2D eigenvalue weighted by Gasteiger charge is -2.20. The van der Waals surface area contributed by atoms with Crippen molar-refractivity contribution in [1.29, 1.82) is 0 Å². The molecular weight excluding hydrogens is 252 g/mol. The molecule has 3 amide bonds.